The molecule has 0 bridgehead atoms. The average Bonchev–Trinajstić information content (AvgIpc) is 2.19. The summed E-state index contributed by atoms with van der Waals surface area (Å²) in [5.41, 5.74) is 0. The Bertz CT molecular complexity index is 160. The Hall–Kier alpha value is 0. The van der Waals surface area contributed by atoms with Crippen molar-refractivity contribution in [1.29, 1.82) is 0 Å². The van der Waals surface area contributed by atoms with Gasteiger partial charge in [0, 0.05) is 38.2 Å². The van der Waals surface area contributed by atoms with Gasteiger partial charge >= 0.3 is 0 Å². The molecule has 0 aromatic carbocycles. The Balaban J connectivity index is 2.13. The van der Waals surface area contributed by atoms with Gasteiger partial charge < -0.3 is 15.0 Å². The lowest BCUT2D eigenvalue weighted by Crippen LogP contribution is -2.44. The molecule has 0 aromatic rings. The van der Waals surface area contributed by atoms with E-state index < -0.39 is 0 Å². The number of nitrogens with zero attached hydrogens (tertiary/aromatic N) is 1. The van der Waals surface area contributed by atoms with Crippen molar-refractivity contribution >= 4 is 29.1 Å². The lowest BCUT2D eigenvalue weighted by molar-refractivity contribution is 0.203. The van der Waals surface area contributed by atoms with E-state index in [1.165, 1.54) is 11.5 Å². The molecule has 0 radical (unpaired) electrons. The molecular weight excluding hydrogens is 204 g/mol. The summed E-state index contributed by atoms with van der Waals surface area (Å²) in [4.78, 5) is 2.22. The van der Waals surface area contributed by atoms with Crippen LogP contribution in [0, 0.1) is 0 Å². The second-order valence-electron chi connectivity index (χ2n) is 2.82. The van der Waals surface area contributed by atoms with E-state index in [-0.39, 0.29) is 0 Å². The number of thioether (sulfide) groups is 1. The first-order valence-corrected chi connectivity index (χ1v) is 6.00. The van der Waals surface area contributed by atoms with Crippen molar-refractivity contribution in [2.75, 3.05) is 44.9 Å². The van der Waals surface area contributed by atoms with E-state index in [1.54, 1.807) is 7.11 Å². The highest BCUT2D eigenvalue weighted by Gasteiger charge is 2.12. The number of hydrogen-bond donors (Lipinski definition) is 1. The Morgan fingerprint density at radius 2 is 2.23 bits per heavy atom. The van der Waals surface area contributed by atoms with Gasteiger partial charge in [-0.15, -0.1) is 0 Å². The van der Waals surface area contributed by atoms with Gasteiger partial charge in [0.15, 0.2) is 5.11 Å². The highest BCUT2D eigenvalue weighted by atomic mass is 32.2. The van der Waals surface area contributed by atoms with Crippen molar-refractivity contribution in [1.82, 2.24) is 10.2 Å². The summed E-state index contributed by atoms with van der Waals surface area (Å²) < 4.78 is 4.93. The van der Waals surface area contributed by atoms with Crippen LogP contribution in [0.25, 0.3) is 0 Å². The third-order valence-electron chi connectivity index (χ3n) is 1.88. The molecule has 0 saturated carbocycles. The Labute approximate surface area is 89.2 Å². The average molecular weight is 220 g/mol. The maximum absolute atomic E-state index is 5.24. The SMILES string of the molecule is COCCNC(=S)N1CCSCC1. The van der Waals surface area contributed by atoms with Gasteiger partial charge in [-0.05, 0) is 12.2 Å². The number of nitrogens with one attached hydrogen (secondary N) is 1. The van der Waals surface area contributed by atoms with Crippen molar-refractivity contribution < 1.29 is 4.74 Å². The minimum Gasteiger partial charge on any atom is -0.383 e. The molecule has 1 N–H and O–H groups in total. The van der Waals surface area contributed by atoms with Gasteiger partial charge in [0.05, 0.1) is 6.61 Å². The predicted molar refractivity (Wildman–Crippen MR) is 61.4 cm³/mol. The molecule has 0 aromatic heterocycles. The van der Waals surface area contributed by atoms with E-state index in [2.05, 4.69) is 10.2 Å². The molecular formula is C8H16N2OS2. The monoisotopic (exact) mass is 220 g/mol. The Morgan fingerprint density at radius 1 is 1.54 bits per heavy atom. The smallest absolute Gasteiger partial charge is 0.169 e. The molecule has 0 spiro atoms. The lowest BCUT2D eigenvalue weighted by atomic mass is 10.5. The maximum atomic E-state index is 5.24. The van der Waals surface area contributed by atoms with Crippen molar-refractivity contribution in [2.24, 2.45) is 0 Å². The van der Waals surface area contributed by atoms with Gasteiger partial charge in [-0.3, -0.25) is 0 Å². The molecule has 76 valence electrons. The molecule has 1 aliphatic heterocycles. The molecule has 1 saturated heterocycles. The summed E-state index contributed by atoms with van der Waals surface area (Å²) in [5, 5.41) is 4.05. The molecule has 1 rings (SSSR count). The zero-order chi connectivity index (χ0) is 9.52. The van der Waals surface area contributed by atoms with Crippen molar-refractivity contribution in [3.05, 3.63) is 0 Å². The van der Waals surface area contributed by atoms with Gasteiger partial charge in [-0.1, -0.05) is 0 Å². The fourth-order valence-electron chi connectivity index (χ4n) is 1.14. The van der Waals surface area contributed by atoms with Crippen LogP contribution in [-0.4, -0.2) is 54.9 Å². The van der Waals surface area contributed by atoms with Crippen LogP contribution in [0.2, 0.25) is 0 Å². The molecule has 3 nitrogen and oxygen atoms in total. The molecule has 1 fully saturated rings. The normalized spacial score (nSPS) is 17.2. The van der Waals surface area contributed by atoms with Crippen LogP contribution in [0.3, 0.4) is 0 Å². The van der Waals surface area contributed by atoms with E-state index >= 15 is 0 Å². The van der Waals surface area contributed by atoms with Gasteiger partial charge in [0.25, 0.3) is 0 Å². The van der Waals surface area contributed by atoms with E-state index in [9.17, 15) is 0 Å². The van der Waals surface area contributed by atoms with Crippen molar-refractivity contribution in [3.8, 4) is 0 Å². The van der Waals surface area contributed by atoms with E-state index in [0.29, 0.717) is 6.61 Å². The largest absolute Gasteiger partial charge is 0.383 e. The Morgan fingerprint density at radius 3 is 2.85 bits per heavy atom. The minimum atomic E-state index is 0.711. The third kappa shape index (κ3) is 4.15. The van der Waals surface area contributed by atoms with Gasteiger partial charge in [-0.25, -0.2) is 0 Å². The van der Waals surface area contributed by atoms with Crippen LogP contribution >= 0.6 is 24.0 Å². The first-order chi connectivity index (χ1) is 6.34. The maximum Gasteiger partial charge on any atom is 0.169 e. The fourth-order valence-corrected chi connectivity index (χ4v) is 2.33. The molecule has 1 heterocycles. The quantitative estimate of drug-likeness (QED) is 0.553. The number of hydrogen-bond acceptors (Lipinski definition) is 3. The van der Waals surface area contributed by atoms with E-state index in [0.717, 1.165) is 24.7 Å². The standard InChI is InChI=1S/C8H16N2OS2/c1-11-5-2-9-8(12)10-3-6-13-7-4-10/h2-7H2,1H3,(H,9,12). The number of rotatable bonds is 3. The van der Waals surface area contributed by atoms with Crippen LogP contribution < -0.4 is 5.32 Å². The Kier molecular flexibility index (Phi) is 5.50. The first kappa shape index (κ1) is 11.1. The van der Waals surface area contributed by atoms with Gasteiger partial charge in [0.2, 0.25) is 0 Å². The molecule has 0 amide bonds. The summed E-state index contributed by atoms with van der Waals surface area (Å²) >= 11 is 7.23. The van der Waals surface area contributed by atoms with Crippen LogP contribution in [0.15, 0.2) is 0 Å². The molecule has 1 aliphatic rings. The second kappa shape index (κ2) is 6.45. The predicted octanol–water partition coefficient (Wildman–Crippen LogP) is 0.556. The van der Waals surface area contributed by atoms with Gasteiger partial charge in [0.1, 0.15) is 0 Å². The molecule has 0 atom stereocenters. The molecule has 13 heavy (non-hydrogen) atoms. The van der Waals surface area contributed by atoms with Gasteiger partial charge in [-0.2, -0.15) is 11.8 Å². The second-order valence-corrected chi connectivity index (χ2v) is 4.44. The summed E-state index contributed by atoms with van der Waals surface area (Å²) in [6.45, 7) is 3.66. The first-order valence-electron chi connectivity index (χ1n) is 4.44. The lowest BCUT2D eigenvalue weighted by Gasteiger charge is -2.28. The van der Waals surface area contributed by atoms with Crippen molar-refractivity contribution in [3.63, 3.8) is 0 Å². The van der Waals surface area contributed by atoms with E-state index in [4.69, 9.17) is 17.0 Å². The third-order valence-corrected chi connectivity index (χ3v) is 3.23. The van der Waals surface area contributed by atoms with Crippen LogP contribution in [-0.2, 0) is 4.74 Å². The summed E-state index contributed by atoms with van der Waals surface area (Å²) in [7, 11) is 1.70. The molecule has 5 heteroatoms. The topological polar surface area (TPSA) is 24.5 Å². The zero-order valence-electron chi connectivity index (χ0n) is 7.91. The van der Waals surface area contributed by atoms with Crippen LogP contribution in [0.1, 0.15) is 0 Å². The minimum absolute atomic E-state index is 0.711. The zero-order valence-corrected chi connectivity index (χ0v) is 9.55. The molecule has 0 unspecified atom stereocenters. The highest BCUT2D eigenvalue weighted by molar-refractivity contribution is 7.99. The summed E-state index contributed by atoms with van der Waals surface area (Å²) in [6, 6.07) is 0. The molecule has 0 aliphatic carbocycles. The van der Waals surface area contributed by atoms with Crippen LogP contribution in [0.5, 0.6) is 0 Å². The summed E-state index contributed by atoms with van der Waals surface area (Å²) in [6.07, 6.45) is 0. The fraction of sp³-hybridized carbons (Fsp3) is 0.875. The van der Waals surface area contributed by atoms with E-state index in [1.807, 2.05) is 11.8 Å². The number of thiocarbonyl (C=S) groups is 1. The highest BCUT2D eigenvalue weighted by Crippen LogP contribution is 2.08. The van der Waals surface area contributed by atoms with Crippen molar-refractivity contribution in [2.45, 2.75) is 0 Å². The summed E-state index contributed by atoms with van der Waals surface area (Å²) in [5.74, 6) is 2.37. The van der Waals surface area contributed by atoms with Crippen LogP contribution in [0.4, 0.5) is 0 Å². The number of methoxy groups -OCH3 is 1. The number of ether oxygens (including phenoxy) is 1.